The van der Waals surface area contributed by atoms with Crippen molar-refractivity contribution in [2.24, 2.45) is 0 Å². The van der Waals surface area contributed by atoms with Crippen molar-refractivity contribution in [2.45, 2.75) is 58.5 Å². The molecule has 6 heteroatoms. The molecule has 1 aliphatic heterocycles. The molecule has 1 saturated heterocycles. The average molecular weight is 421 g/mol. The van der Waals surface area contributed by atoms with Crippen molar-refractivity contribution in [2.75, 3.05) is 13.2 Å². The molecule has 2 aromatic heterocycles. The van der Waals surface area contributed by atoms with E-state index in [1.807, 2.05) is 18.2 Å². The van der Waals surface area contributed by atoms with Crippen LogP contribution in [0.4, 0.5) is 0 Å². The normalized spacial score (nSPS) is 16.9. The van der Waals surface area contributed by atoms with Gasteiger partial charge in [-0.15, -0.1) is 0 Å². The minimum atomic E-state index is -0.159. The van der Waals surface area contributed by atoms with Gasteiger partial charge in [0.15, 0.2) is 11.2 Å². The summed E-state index contributed by atoms with van der Waals surface area (Å²) in [5.41, 5.74) is 4.77. The quantitative estimate of drug-likeness (QED) is 0.377. The van der Waals surface area contributed by atoms with Crippen LogP contribution < -0.4 is 4.74 Å². The van der Waals surface area contributed by atoms with Gasteiger partial charge in [-0.1, -0.05) is 41.5 Å². The van der Waals surface area contributed by atoms with Gasteiger partial charge >= 0.3 is 0 Å². The van der Waals surface area contributed by atoms with Crippen molar-refractivity contribution in [3.05, 3.63) is 41.8 Å². The number of hydrogen-bond acceptors (Lipinski definition) is 6. The number of fused-ring (bicyclic) bond motifs is 2. The summed E-state index contributed by atoms with van der Waals surface area (Å²) in [6.07, 6.45) is 0.201. The Labute approximate surface area is 181 Å². The maximum absolute atomic E-state index is 6.14. The molecule has 1 atom stereocenters. The molecule has 5 rings (SSSR count). The number of nitrogens with zero attached hydrogens (tertiary/aromatic N) is 2. The molecule has 31 heavy (non-hydrogen) atoms. The standard InChI is InChI=1S/C25H28N2O4/c1-24(2,3)15-7-14(8-16(9-15)28-12-17-13-29-17)22-26-18-10-21-19(11-20(18)30-22)27-23(31-21)25(4,5)6/h7-11,17H,12-13H2,1-6H3. The zero-order chi connectivity index (χ0) is 22.0. The smallest absolute Gasteiger partial charge is 0.227 e. The molecule has 3 heterocycles. The van der Waals surface area contributed by atoms with Gasteiger partial charge in [-0.25, -0.2) is 9.97 Å². The molecule has 1 fully saturated rings. The lowest BCUT2D eigenvalue weighted by atomic mass is 9.86. The lowest BCUT2D eigenvalue weighted by Crippen LogP contribution is -2.12. The Kier molecular flexibility index (Phi) is 4.42. The highest BCUT2D eigenvalue weighted by atomic mass is 16.6. The van der Waals surface area contributed by atoms with E-state index in [4.69, 9.17) is 23.3 Å². The van der Waals surface area contributed by atoms with Crippen molar-refractivity contribution in [1.29, 1.82) is 0 Å². The van der Waals surface area contributed by atoms with Crippen LogP contribution >= 0.6 is 0 Å². The summed E-state index contributed by atoms with van der Waals surface area (Å²) in [5, 5.41) is 0. The predicted molar refractivity (Wildman–Crippen MR) is 120 cm³/mol. The van der Waals surface area contributed by atoms with E-state index < -0.39 is 0 Å². The van der Waals surface area contributed by atoms with Crippen LogP contribution in [0.15, 0.2) is 39.2 Å². The van der Waals surface area contributed by atoms with Crippen LogP contribution in [0.2, 0.25) is 0 Å². The third kappa shape index (κ3) is 4.04. The second kappa shape index (κ2) is 6.82. The predicted octanol–water partition coefficient (Wildman–Crippen LogP) is 6.01. The third-order valence-corrected chi connectivity index (χ3v) is 5.40. The molecule has 0 spiro atoms. The number of aromatic nitrogens is 2. The van der Waals surface area contributed by atoms with Crippen LogP contribution in [-0.4, -0.2) is 29.3 Å². The van der Waals surface area contributed by atoms with E-state index in [-0.39, 0.29) is 16.9 Å². The summed E-state index contributed by atoms with van der Waals surface area (Å²) in [4.78, 5) is 9.38. The van der Waals surface area contributed by atoms with Gasteiger partial charge in [-0.05, 0) is 29.2 Å². The lowest BCUT2D eigenvalue weighted by Gasteiger charge is -2.21. The molecule has 4 aromatic rings. The average Bonchev–Trinajstić information content (AvgIpc) is 3.26. The van der Waals surface area contributed by atoms with Crippen LogP contribution in [0.25, 0.3) is 33.7 Å². The topological polar surface area (TPSA) is 73.8 Å². The maximum Gasteiger partial charge on any atom is 0.227 e. The molecule has 0 N–H and O–H groups in total. The fourth-order valence-corrected chi connectivity index (χ4v) is 3.39. The van der Waals surface area contributed by atoms with Gasteiger partial charge in [0.1, 0.15) is 29.5 Å². The fourth-order valence-electron chi connectivity index (χ4n) is 3.39. The molecule has 1 unspecified atom stereocenters. The van der Waals surface area contributed by atoms with Gasteiger partial charge in [0.2, 0.25) is 11.8 Å². The van der Waals surface area contributed by atoms with E-state index in [0.717, 1.165) is 34.5 Å². The van der Waals surface area contributed by atoms with Crippen molar-refractivity contribution in [3.63, 3.8) is 0 Å². The highest BCUT2D eigenvalue weighted by Crippen LogP contribution is 2.35. The van der Waals surface area contributed by atoms with Gasteiger partial charge in [0.05, 0.1) is 6.61 Å². The minimum absolute atomic E-state index is 0.0384. The second-order valence-corrected chi connectivity index (χ2v) is 10.3. The van der Waals surface area contributed by atoms with Gasteiger partial charge in [-0.3, -0.25) is 0 Å². The van der Waals surface area contributed by atoms with Crippen molar-refractivity contribution >= 4 is 22.2 Å². The first-order valence-corrected chi connectivity index (χ1v) is 10.7. The molecule has 0 saturated carbocycles. The number of hydrogen-bond donors (Lipinski definition) is 0. The molecule has 0 amide bonds. The van der Waals surface area contributed by atoms with Crippen LogP contribution in [0.3, 0.4) is 0 Å². The molecule has 0 aliphatic carbocycles. The molecule has 2 aromatic carbocycles. The van der Waals surface area contributed by atoms with E-state index >= 15 is 0 Å². The summed E-state index contributed by atoms with van der Waals surface area (Å²) in [7, 11) is 0. The summed E-state index contributed by atoms with van der Waals surface area (Å²) < 4.78 is 23.4. The van der Waals surface area contributed by atoms with Crippen LogP contribution in [0, 0.1) is 0 Å². The Balaban J connectivity index is 1.56. The molecule has 6 nitrogen and oxygen atoms in total. The number of epoxide rings is 1. The Morgan fingerprint density at radius 1 is 0.871 bits per heavy atom. The first kappa shape index (κ1) is 20.1. The monoisotopic (exact) mass is 420 g/mol. The number of rotatable bonds is 4. The molecular formula is C25H28N2O4. The van der Waals surface area contributed by atoms with Crippen molar-refractivity contribution in [1.82, 2.24) is 9.97 Å². The fraction of sp³-hybridized carbons (Fsp3) is 0.440. The van der Waals surface area contributed by atoms with Gasteiger partial charge in [-0.2, -0.15) is 0 Å². The van der Waals surface area contributed by atoms with Crippen molar-refractivity contribution in [3.8, 4) is 17.2 Å². The van der Waals surface area contributed by atoms with Gasteiger partial charge < -0.3 is 18.3 Å². The summed E-state index contributed by atoms with van der Waals surface area (Å²) in [6, 6.07) is 9.97. The Hall–Kier alpha value is -2.86. The Morgan fingerprint density at radius 2 is 1.55 bits per heavy atom. The first-order valence-electron chi connectivity index (χ1n) is 10.7. The Bertz CT molecular complexity index is 1220. The maximum atomic E-state index is 6.14. The number of benzene rings is 2. The van der Waals surface area contributed by atoms with Gasteiger partial charge in [0, 0.05) is 23.1 Å². The number of ether oxygens (including phenoxy) is 2. The highest BCUT2D eigenvalue weighted by Gasteiger charge is 2.25. The highest BCUT2D eigenvalue weighted by molar-refractivity contribution is 5.90. The van der Waals surface area contributed by atoms with E-state index in [1.54, 1.807) is 0 Å². The second-order valence-electron chi connectivity index (χ2n) is 10.3. The SMILES string of the molecule is CC(C)(C)c1cc(OCC2CO2)cc(-c2nc3cc4oc(C(C)(C)C)nc4cc3o2)c1. The van der Waals surface area contributed by atoms with Crippen LogP contribution in [-0.2, 0) is 15.6 Å². The summed E-state index contributed by atoms with van der Waals surface area (Å²) in [6.45, 7) is 14.1. The van der Waals surface area contributed by atoms with E-state index in [1.165, 1.54) is 0 Å². The minimum Gasteiger partial charge on any atom is -0.491 e. The van der Waals surface area contributed by atoms with E-state index in [2.05, 4.69) is 58.7 Å². The summed E-state index contributed by atoms with van der Waals surface area (Å²) in [5.74, 6) is 2.05. The molecular weight excluding hydrogens is 392 g/mol. The summed E-state index contributed by atoms with van der Waals surface area (Å²) >= 11 is 0. The molecule has 162 valence electrons. The van der Waals surface area contributed by atoms with E-state index in [9.17, 15) is 0 Å². The number of oxazole rings is 2. The van der Waals surface area contributed by atoms with Crippen LogP contribution in [0.1, 0.15) is 53.0 Å². The van der Waals surface area contributed by atoms with Crippen molar-refractivity contribution < 1.29 is 18.3 Å². The van der Waals surface area contributed by atoms with Gasteiger partial charge in [0.25, 0.3) is 0 Å². The molecule has 0 bridgehead atoms. The lowest BCUT2D eigenvalue weighted by molar-refractivity contribution is 0.262. The van der Waals surface area contributed by atoms with E-state index in [0.29, 0.717) is 29.6 Å². The first-order chi connectivity index (χ1) is 14.6. The molecule has 1 aliphatic rings. The third-order valence-electron chi connectivity index (χ3n) is 5.40. The Morgan fingerprint density at radius 3 is 2.19 bits per heavy atom. The zero-order valence-corrected chi connectivity index (χ0v) is 18.9. The largest absolute Gasteiger partial charge is 0.491 e. The van der Waals surface area contributed by atoms with Crippen LogP contribution in [0.5, 0.6) is 5.75 Å². The zero-order valence-electron chi connectivity index (χ0n) is 18.9. The molecule has 0 radical (unpaired) electrons.